The van der Waals surface area contributed by atoms with Gasteiger partial charge in [0, 0.05) is 19.0 Å². The van der Waals surface area contributed by atoms with Crippen molar-refractivity contribution in [3.63, 3.8) is 0 Å². The number of hydrogen-bond acceptors (Lipinski definition) is 4. The molecule has 3 atom stereocenters. The van der Waals surface area contributed by atoms with E-state index in [9.17, 15) is 9.90 Å². The highest BCUT2D eigenvalue weighted by Gasteiger charge is 2.48. The lowest BCUT2D eigenvalue weighted by Gasteiger charge is -2.40. The summed E-state index contributed by atoms with van der Waals surface area (Å²) in [6.45, 7) is 3.58. The van der Waals surface area contributed by atoms with E-state index in [1.165, 1.54) is 0 Å². The number of fused-ring (bicyclic) bond motifs is 1. The minimum Gasteiger partial charge on any atom is -0.476 e. The number of aromatic carboxylic acids is 1. The summed E-state index contributed by atoms with van der Waals surface area (Å²) in [7, 11) is 0. The molecule has 0 aromatic carbocycles. The first kappa shape index (κ1) is 15.6. The van der Waals surface area contributed by atoms with Gasteiger partial charge in [-0.1, -0.05) is 24.9 Å². The molecule has 22 heavy (non-hydrogen) atoms. The van der Waals surface area contributed by atoms with Gasteiger partial charge in [-0.15, -0.1) is 0 Å². The first-order valence-corrected chi connectivity index (χ1v) is 8.19. The van der Waals surface area contributed by atoms with Gasteiger partial charge < -0.3 is 15.1 Å². The van der Waals surface area contributed by atoms with Crippen LogP contribution in [0.25, 0.3) is 0 Å². The molecule has 0 unspecified atom stereocenters. The molecule has 3 rings (SSSR count). The third-order valence-corrected chi connectivity index (χ3v) is 5.59. The van der Waals surface area contributed by atoms with E-state index in [0.29, 0.717) is 11.7 Å². The number of carboxylic acid groups (broad SMARTS) is 1. The Bertz CT molecular complexity index is 595. The van der Waals surface area contributed by atoms with E-state index in [1.54, 1.807) is 12.1 Å². The predicted molar refractivity (Wildman–Crippen MR) is 84.5 cm³/mol. The molecule has 120 valence electrons. The fraction of sp³-hybridized carbons (Fsp3) is 0.625. The number of aromatic nitrogens is 1. The average molecular weight is 325 g/mol. The molecule has 1 aliphatic heterocycles. The second kappa shape index (κ2) is 5.70. The molecule has 6 heteroatoms. The molecular formula is C16H21ClN2O3. The van der Waals surface area contributed by atoms with Crippen molar-refractivity contribution in [1.29, 1.82) is 0 Å². The maximum absolute atomic E-state index is 11.2. The van der Waals surface area contributed by atoms with E-state index in [0.717, 1.165) is 38.8 Å². The van der Waals surface area contributed by atoms with Crippen LogP contribution in [-0.4, -0.2) is 39.9 Å². The van der Waals surface area contributed by atoms with Gasteiger partial charge in [-0.25, -0.2) is 9.78 Å². The van der Waals surface area contributed by atoms with Gasteiger partial charge in [0.25, 0.3) is 0 Å². The predicted octanol–water partition coefficient (Wildman–Crippen LogP) is 2.81. The fourth-order valence-electron chi connectivity index (χ4n) is 4.01. The number of rotatable bonds is 3. The molecule has 1 saturated heterocycles. The van der Waals surface area contributed by atoms with E-state index in [2.05, 4.69) is 9.88 Å². The van der Waals surface area contributed by atoms with E-state index in [4.69, 9.17) is 16.7 Å². The Balaban J connectivity index is 1.86. The largest absolute Gasteiger partial charge is 0.476 e. The number of nitrogens with zero attached hydrogens (tertiary/aromatic N) is 2. The third-order valence-electron chi connectivity index (χ3n) is 5.29. The first-order valence-electron chi connectivity index (χ1n) is 7.82. The minimum atomic E-state index is -1.12. The average Bonchev–Trinajstić information content (AvgIpc) is 2.93. The van der Waals surface area contributed by atoms with Crippen LogP contribution in [0.15, 0.2) is 12.1 Å². The zero-order chi connectivity index (χ0) is 15.9. The Morgan fingerprint density at radius 1 is 1.50 bits per heavy atom. The number of aliphatic hydroxyl groups is 1. The van der Waals surface area contributed by atoms with Crippen molar-refractivity contribution >= 4 is 23.4 Å². The highest BCUT2D eigenvalue weighted by atomic mass is 35.5. The number of carboxylic acids is 1. The van der Waals surface area contributed by atoms with Crippen molar-refractivity contribution in [2.24, 2.45) is 11.8 Å². The highest BCUT2D eigenvalue weighted by molar-refractivity contribution is 6.33. The first-order chi connectivity index (χ1) is 10.4. The van der Waals surface area contributed by atoms with Crippen molar-refractivity contribution < 1.29 is 15.0 Å². The molecule has 0 spiro atoms. The Morgan fingerprint density at radius 3 is 2.95 bits per heavy atom. The van der Waals surface area contributed by atoms with Gasteiger partial charge in [-0.2, -0.15) is 0 Å². The molecule has 0 radical (unpaired) electrons. The van der Waals surface area contributed by atoms with E-state index in [1.807, 2.05) is 6.92 Å². The quantitative estimate of drug-likeness (QED) is 0.894. The number of hydrogen-bond donors (Lipinski definition) is 2. The topological polar surface area (TPSA) is 73.7 Å². The zero-order valence-electron chi connectivity index (χ0n) is 12.6. The van der Waals surface area contributed by atoms with Gasteiger partial charge in [0.1, 0.15) is 5.82 Å². The number of halogens is 1. The molecule has 2 aliphatic rings. The number of carbonyl (C=O) groups is 1. The molecule has 2 fully saturated rings. The van der Waals surface area contributed by atoms with Gasteiger partial charge in [-0.3, -0.25) is 0 Å². The van der Waals surface area contributed by atoms with Crippen LogP contribution in [0.2, 0.25) is 5.02 Å². The van der Waals surface area contributed by atoms with Crippen LogP contribution in [0.1, 0.15) is 43.1 Å². The van der Waals surface area contributed by atoms with Crippen LogP contribution in [-0.2, 0) is 0 Å². The van der Waals surface area contributed by atoms with Crippen LogP contribution in [0.5, 0.6) is 0 Å². The molecule has 1 aromatic rings. The molecule has 1 saturated carbocycles. The molecule has 1 aliphatic carbocycles. The summed E-state index contributed by atoms with van der Waals surface area (Å²) >= 11 is 5.89. The van der Waals surface area contributed by atoms with Crippen LogP contribution in [0.4, 0.5) is 5.82 Å². The van der Waals surface area contributed by atoms with E-state index >= 15 is 0 Å². The fourth-order valence-corrected chi connectivity index (χ4v) is 4.20. The van der Waals surface area contributed by atoms with E-state index < -0.39 is 11.6 Å². The van der Waals surface area contributed by atoms with Gasteiger partial charge in [0.05, 0.1) is 10.6 Å². The number of pyridine rings is 1. The second-order valence-electron chi connectivity index (χ2n) is 6.43. The summed E-state index contributed by atoms with van der Waals surface area (Å²) in [6.07, 6.45) is 3.78. The van der Waals surface area contributed by atoms with Gasteiger partial charge in [0.2, 0.25) is 0 Å². The summed E-state index contributed by atoms with van der Waals surface area (Å²) in [4.78, 5) is 17.5. The van der Waals surface area contributed by atoms with Gasteiger partial charge in [-0.05, 0) is 37.3 Å². The minimum absolute atomic E-state index is 0.111. The molecule has 0 amide bonds. The third kappa shape index (κ3) is 2.57. The Kier molecular flexibility index (Phi) is 4.03. The molecule has 0 bridgehead atoms. The van der Waals surface area contributed by atoms with Crippen molar-refractivity contribution in [3.05, 3.63) is 22.8 Å². The lowest BCUT2D eigenvalue weighted by molar-refractivity contribution is -0.0597. The van der Waals surface area contributed by atoms with Crippen molar-refractivity contribution in [1.82, 2.24) is 4.98 Å². The standard InChI is InChI=1S/C16H21ClN2O3/c1-2-16(22)7-3-4-10-8-19(9-11(10)16)13-6-5-12(17)14(18-13)15(20)21/h5-6,10-11,22H,2-4,7-9H2,1H3,(H,20,21)/t10-,11+,16-/m1/s1. The van der Waals surface area contributed by atoms with Crippen LogP contribution in [0, 0.1) is 11.8 Å². The van der Waals surface area contributed by atoms with Crippen molar-refractivity contribution in [2.75, 3.05) is 18.0 Å². The maximum atomic E-state index is 11.2. The molecular weight excluding hydrogens is 304 g/mol. The SMILES string of the molecule is CC[C@@]1(O)CCC[C@@H]2CN(c3ccc(Cl)c(C(=O)O)n3)C[C@@H]21. The van der Waals surface area contributed by atoms with E-state index in [-0.39, 0.29) is 16.6 Å². The second-order valence-corrected chi connectivity index (χ2v) is 6.83. The monoisotopic (exact) mass is 324 g/mol. The normalized spacial score (nSPS) is 31.1. The molecule has 5 nitrogen and oxygen atoms in total. The van der Waals surface area contributed by atoms with Crippen LogP contribution in [0.3, 0.4) is 0 Å². The summed E-state index contributed by atoms with van der Waals surface area (Å²) in [6, 6.07) is 3.35. The zero-order valence-corrected chi connectivity index (χ0v) is 13.4. The maximum Gasteiger partial charge on any atom is 0.356 e. The molecule has 1 aromatic heterocycles. The summed E-state index contributed by atoms with van der Waals surface area (Å²) in [5.74, 6) is 0.199. The van der Waals surface area contributed by atoms with Gasteiger partial charge in [0.15, 0.2) is 5.69 Å². The Morgan fingerprint density at radius 2 is 2.27 bits per heavy atom. The summed E-state index contributed by atoms with van der Waals surface area (Å²) < 4.78 is 0. The van der Waals surface area contributed by atoms with Crippen molar-refractivity contribution in [3.8, 4) is 0 Å². The summed E-state index contributed by atoms with van der Waals surface area (Å²) in [5, 5.41) is 20.1. The number of anilines is 1. The lowest BCUT2D eigenvalue weighted by atomic mass is 9.69. The Hall–Kier alpha value is -1.33. The molecule has 2 N–H and O–H groups in total. The van der Waals surface area contributed by atoms with Crippen LogP contribution < -0.4 is 4.90 Å². The lowest BCUT2D eigenvalue weighted by Crippen LogP contribution is -2.44. The molecule has 2 heterocycles. The smallest absolute Gasteiger partial charge is 0.356 e. The van der Waals surface area contributed by atoms with Gasteiger partial charge >= 0.3 is 5.97 Å². The Labute approximate surface area is 134 Å². The van der Waals surface area contributed by atoms with Crippen LogP contribution >= 0.6 is 11.6 Å². The van der Waals surface area contributed by atoms with Crippen molar-refractivity contribution in [2.45, 2.75) is 38.2 Å². The highest BCUT2D eigenvalue weighted by Crippen LogP contribution is 2.45. The summed E-state index contributed by atoms with van der Waals surface area (Å²) in [5.41, 5.74) is -0.709.